The molecule has 1 unspecified atom stereocenters. The molecule has 0 N–H and O–H groups in total. The molecule has 0 bridgehead atoms. The topological polar surface area (TPSA) is 42.2 Å². The molecular formula is C9H16ClNO2. The second-order valence-corrected chi connectivity index (χ2v) is 3.16. The van der Waals surface area contributed by atoms with Crippen LogP contribution in [-0.2, 0) is 9.47 Å². The molecule has 0 radical (unpaired) electrons. The molecule has 0 amide bonds. The maximum atomic E-state index is 8.31. The van der Waals surface area contributed by atoms with Crippen molar-refractivity contribution < 1.29 is 9.47 Å². The molecule has 0 fully saturated rings. The Hall–Kier alpha value is -0.300. The van der Waals surface area contributed by atoms with Crippen molar-refractivity contribution in [1.29, 1.82) is 5.26 Å². The number of hydrogen-bond donors (Lipinski definition) is 0. The van der Waals surface area contributed by atoms with Gasteiger partial charge in [0.15, 0.2) is 0 Å². The lowest BCUT2D eigenvalue weighted by Crippen LogP contribution is -2.11. The number of unbranched alkanes of at least 4 members (excludes halogenated alkanes) is 1. The van der Waals surface area contributed by atoms with Crippen molar-refractivity contribution in [3.63, 3.8) is 0 Å². The Morgan fingerprint density at radius 2 is 2.00 bits per heavy atom. The zero-order valence-corrected chi connectivity index (χ0v) is 8.72. The van der Waals surface area contributed by atoms with Gasteiger partial charge in [0.05, 0.1) is 25.9 Å². The molecule has 0 aromatic rings. The van der Waals surface area contributed by atoms with Gasteiger partial charge in [-0.1, -0.05) is 13.3 Å². The molecule has 0 aliphatic rings. The van der Waals surface area contributed by atoms with Crippen LogP contribution in [0.3, 0.4) is 0 Å². The van der Waals surface area contributed by atoms with E-state index in [9.17, 15) is 0 Å². The van der Waals surface area contributed by atoms with Gasteiger partial charge in [0.1, 0.15) is 5.38 Å². The zero-order chi connectivity index (χ0) is 9.94. The number of hydrogen-bond acceptors (Lipinski definition) is 3. The van der Waals surface area contributed by atoms with Crippen LogP contribution in [0.5, 0.6) is 0 Å². The van der Waals surface area contributed by atoms with Gasteiger partial charge in [-0.05, 0) is 6.42 Å². The molecule has 0 rings (SSSR count). The monoisotopic (exact) mass is 205 g/mol. The Morgan fingerprint density at radius 1 is 1.31 bits per heavy atom. The molecule has 4 heteroatoms. The van der Waals surface area contributed by atoms with E-state index >= 15 is 0 Å². The number of rotatable bonds is 8. The summed E-state index contributed by atoms with van der Waals surface area (Å²) in [5, 5.41) is 7.77. The summed E-state index contributed by atoms with van der Waals surface area (Å²) in [7, 11) is 0. The molecule has 0 aromatic carbocycles. The van der Waals surface area contributed by atoms with Gasteiger partial charge in [0, 0.05) is 6.61 Å². The predicted molar refractivity (Wildman–Crippen MR) is 51.8 cm³/mol. The average molecular weight is 206 g/mol. The molecule has 76 valence electrons. The fraction of sp³-hybridized carbons (Fsp3) is 0.889. The molecule has 0 saturated carbocycles. The molecule has 1 atom stereocenters. The van der Waals surface area contributed by atoms with Crippen LogP contribution in [0.25, 0.3) is 0 Å². The van der Waals surface area contributed by atoms with Crippen LogP contribution in [0.2, 0.25) is 0 Å². The minimum absolute atomic E-state index is 0.273. The van der Waals surface area contributed by atoms with Crippen LogP contribution in [0.4, 0.5) is 0 Å². The van der Waals surface area contributed by atoms with Gasteiger partial charge >= 0.3 is 0 Å². The minimum Gasteiger partial charge on any atom is -0.379 e. The highest BCUT2D eigenvalue weighted by Crippen LogP contribution is 1.94. The third kappa shape index (κ3) is 9.62. The minimum atomic E-state index is -0.546. The average Bonchev–Trinajstić information content (AvgIpc) is 2.16. The third-order valence-corrected chi connectivity index (χ3v) is 1.64. The Bertz CT molecular complexity index is 147. The Labute approximate surface area is 84.6 Å². The van der Waals surface area contributed by atoms with Crippen molar-refractivity contribution in [1.82, 2.24) is 0 Å². The second kappa shape index (κ2) is 9.79. The summed E-state index contributed by atoms with van der Waals surface area (Å²) in [6.07, 6.45) is 2.22. The Morgan fingerprint density at radius 3 is 2.62 bits per heavy atom. The van der Waals surface area contributed by atoms with Gasteiger partial charge < -0.3 is 9.47 Å². The summed E-state index contributed by atoms with van der Waals surface area (Å²) in [6, 6.07) is 1.88. The molecule has 0 aliphatic carbocycles. The van der Waals surface area contributed by atoms with Gasteiger partial charge in [-0.3, -0.25) is 0 Å². The predicted octanol–water partition coefficient (Wildman–Crippen LogP) is 1.95. The van der Waals surface area contributed by atoms with Crippen molar-refractivity contribution in [3.05, 3.63) is 0 Å². The van der Waals surface area contributed by atoms with Crippen LogP contribution in [0, 0.1) is 11.3 Å². The molecule has 0 heterocycles. The van der Waals surface area contributed by atoms with Crippen molar-refractivity contribution in [2.24, 2.45) is 0 Å². The van der Waals surface area contributed by atoms with Crippen molar-refractivity contribution in [2.45, 2.75) is 25.1 Å². The maximum Gasteiger partial charge on any atom is 0.143 e. The van der Waals surface area contributed by atoms with E-state index in [2.05, 4.69) is 6.92 Å². The van der Waals surface area contributed by atoms with E-state index in [-0.39, 0.29) is 6.61 Å². The first-order chi connectivity index (χ1) is 6.31. The summed E-state index contributed by atoms with van der Waals surface area (Å²) in [6.45, 7) is 4.26. The number of halogens is 1. The van der Waals surface area contributed by atoms with Crippen LogP contribution < -0.4 is 0 Å². The second-order valence-electron chi connectivity index (χ2n) is 2.64. The van der Waals surface area contributed by atoms with Gasteiger partial charge in [0.2, 0.25) is 0 Å². The Balaban J connectivity index is 2.96. The van der Waals surface area contributed by atoms with E-state index in [4.69, 9.17) is 26.3 Å². The summed E-state index contributed by atoms with van der Waals surface area (Å²) in [5.41, 5.74) is 0. The number of nitrogens with zero attached hydrogens (tertiary/aromatic N) is 1. The highest BCUT2D eigenvalue weighted by Gasteiger charge is 2.00. The molecule has 0 spiro atoms. The van der Waals surface area contributed by atoms with Crippen LogP contribution in [0.15, 0.2) is 0 Å². The van der Waals surface area contributed by atoms with Crippen molar-refractivity contribution in [3.8, 4) is 6.07 Å². The van der Waals surface area contributed by atoms with Crippen LogP contribution in [-0.4, -0.2) is 31.8 Å². The van der Waals surface area contributed by atoms with Crippen molar-refractivity contribution >= 4 is 11.6 Å². The van der Waals surface area contributed by atoms with E-state index in [1.807, 2.05) is 6.07 Å². The lowest BCUT2D eigenvalue weighted by atomic mass is 10.4. The quantitative estimate of drug-likeness (QED) is 0.449. The summed E-state index contributed by atoms with van der Waals surface area (Å²) >= 11 is 5.50. The SMILES string of the molecule is CCCCOCCOCC(Cl)C#N. The van der Waals surface area contributed by atoms with Gasteiger partial charge in [0.25, 0.3) is 0 Å². The van der Waals surface area contributed by atoms with Crippen LogP contribution in [0.1, 0.15) is 19.8 Å². The lowest BCUT2D eigenvalue weighted by Gasteiger charge is -2.04. The normalized spacial score (nSPS) is 12.4. The number of alkyl halides is 1. The maximum absolute atomic E-state index is 8.31. The zero-order valence-electron chi connectivity index (χ0n) is 7.96. The smallest absolute Gasteiger partial charge is 0.143 e. The highest BCUT2D eigenvalue weighted by atomic mass is 35.5. The third-order valence-electron chi connectivity index (χ3n) is 1.42. The fourth-order valence-corrected chi connectivity index (χ4v) is 0.779. The largest absolute Gasteiger partial charge is 0.379 e. The summed E-state index contributed by atoms with van der Waals surface area (Å²) < 4.78 is 10.3. The van der Waals surface area contributed by atoms with E-state index in [1.54, 1.807) is 0 Å². The molecule has 0 saturated heterocycles. The van der Waals surface area contributed by atoms with Crippen molar-refractivity contribution in [2.75, 3.05) is 26.4 Å². The molecular weight excluding hydrogens is 190 g/mol. The van der Waals surface area contributed by atoms with Crippen LogP contribution >= 0.6 is 11.6 Å². The lowest BCUT2D eigenvalue weighted by molar-refractivity contribution is 0.0495. The summed E-state index contributed by atoms with van der Waals surface area (Å²) in [4.78, 5) is 0. The van der Waals surface area contributed by atoms with Gasteiger partial charge in [-0.15, -0.1) is 11.6 Å². The first kappa shape index (κ1) is 12.7. The van der Waals surface area contributed by atoms with Gasteiger partial charge in [-0.25, -0.2) is 0 Å². The first-order valence-corrected chi connectivity index (χ1v) is 4.94. The van der Waals surface area contributed by atoms with Gasteiger partial charge in [-0.2, -0.15) is 5.26 Å². The number of ether oxygens (including phenoxy) is 2. The van der Waals surface area contributed by atoms with E-state index < -0.39 is 5.38 Å². The van der Waals surface area contributed by atoms with E-state index in [0.717, 1.165) is 19.4 Å². The summed E-state index contributed by atoms with van der Waals surface area (Å²) in [5.74, 6) is 0. The standard InChI is InChI=1S/C9H16ClNO2/c1-2-3-4-12-5-6-13-8-9(10)7-11/h9H,2-6,8H2,1H3. The molecule has 3 nitrogen and oxygen atoms in total. The highest BCUT2D eigenvalue weighted by molar-refractivity contribution is 6.22. The van der Waals surface area contributed by atoms with E-state index in [1.165, 1.54) is 0 Å². The Kier molecular flexibility index (Phi) is 9.56. The van der Waals surface area contributed by atoms with E-state index in [0.29, 0.717) is 13.2 Å². The first-order valence-electron chi connectivity index (χ1n) is 4.50. The molecule has 0 aliphatic heterocycles. The molecule has 13 heavy (non-hydrogen) atoms. The molecule has 0 aromatic heterocycles. The fourth-order valence-electron chi connectivity index (χ4n) is 0.690. The number of nitriles is 1.